The number of nitrogens with zero attached hydrogens (tertiary/aromatic N) is 1. The molecule has 0 N–H and O–H groups in total. The molecule has 0 bridgehead atoms. The lowest BCUT2D eigenvalue weighted by Gasteiger charge is -2.15. The molecule has 0 amide bonds. The Morgan fingerprint density at radius 2 is 1.90 bits per heavy atom. The van der Waals surface area contributed by atoms with E-state index in [4.69, 9.17) is 4.74 Å². The maximum Gasteiger partial charge on any atom is 0.0883 e. The van der Waals surface area contributed by atoms with Crippen molar-refractivity contribution >= 4 is 23.3 Å². The van der Waals surface area contributed by atoms with Gasteiger partial charge >= 0.3 is 0 Å². The molecule has 21 heavy (non-hydrogen) atoms. The minimum Gasteiger partial charge on any atom is -0.375 e. The Morgan fingerprint density at radius 1 is 1.19 bits per heavy atom. The van der Waals surface area contributed by atoms with Crippen LogP contribution < -0.4 is 0 Å². The summed E-state index contributed by atoms with van der Waals surface area (Å²) >= 11 is 3.53. The predicted octanol–water partition coefficient (Wildman–Crippen LogP) is 5.17. The third-order valence-electron chi connectivity index (χ3n) is 3.14. The largest absolute Gasteiger partial charge is 0.375 e. The normalized spacial score (nSPS) is 12.8. The SMILES string of the molecule is Cc1snc(-c2ccccc2)c1CSCC(C)OC(C)C. The molecule has 0 saturated heterocycles. The lowest BCUT2D eigenvalue weighted by molar-refractivity contribution is 0.0327. The molecular formula is C17H23NOS2. The second kappa shape index (κ2) is 7.97. The van der Waals surface area contributed by atoms with Gasteiger partial charge in [0.25, 0.3) is 0 Å². The second-order valence-electron chi connectivity index (χ2n) is 5.44. The maximum absolute atomic E-state index is 5.78. The molecule has 0 fully saturated rings. The van der Waals surface area contributed by atoms with Crippen LogP contribution in [0.4, 0.5) is 0 Å². The highest BCUT2D eigenvalue weighted by atomic mass is 32.2. The summed E-state index contributed by atoms with van der Waals surface area (Å²) in [6, 6.07) is 10.4. The van der Waals surface area contributed by atoms with Crippen molar-refractivity contribution in [1.82, 2.24) is 4.37 Å². The first-order chi connectivity index (χ1) is 10.1. The van der Waals surface area contributed by atoms with Crippen molar-refractivity contribution in [2.24, 2.45) is 0 Å². The van der Waals surface area contributed by atoms with Crippen LogP contribution in [0.3, 0.4) is 0 Å². The molecular weight excluding hydrogens is 298 g/mol. The smallest absolute Gasteiger partial charge is 0.0883 e. The number of thioether (sulfide) groups is 1. The number of rotatable bonds is 7. The van der Waals surface area contributed by atoms with Gasteiger partial charge in [0.15, 0.2) is 0 Å². The first-order valence-electron chi connectivity index (χ1n) is 7.31. The zero-order valence-corrected chi connectivity index (χ0v) is 14.8. The van der Waals surface area contributed by atoms with Crippen molar-refractivity contribution in [2.75, 3.05) is 5.75 Å². The number of benzene rings is 1. The van der Waals surface area contributed by atoms with Gasteiger partial charge in [-0.1, -0.05) is 30.3 Å². The standard InChI is InChI=1S/C17H23NOS2/c1-12(2)19-13(3)10-20-11-16-14(4)21-18-17(16)15-8-6-5-7-9-15/h5-9,12-13H,10-11H2,1-4H3. The zero-order valence-electron chi connectivity index (χ0n) is 13.1. The van der Waals surface area contributed by atoms with Crippen LogP contribution in [-0.4, -0.2) is 22.3 Å². The Morgan fingerprint density at radius 3 is 2.57 bits per heavy atom. The number of aryl methyl sites for hydroxylation is 1. The Labute approximate surface area is 136 Å². The minimum atomic E-state index is 0.294. The second-order valence-corrected chi connectivity index (χ2v) is 7.45. The summed E-state index contributed by atoms with van der Waals surface area (Å²) in [7, 11) is 0. The fraction of sp³-hybridized carbons (Fsp3) is 0.471. The van der Waals surface area contributed by atoms with Crippen LogP contribution >= 0.6 is 23.3 Å². The van der Waals surface area contributed by atoms with E-state index in [0.717, 1.165) is 17.2 Å². The van der Waals surface area contributed by atoms with Crippen LogP contribution in [0, 0.1) is 6.92 Å². The van der Waals surface area contributed by atoms with E-state index in [1.165, 1.54) is 16.0 Å². The molecule has 2 aromatic rings. The van der Waals surface area contributed by atoms with Crippen molar-refractivity contribution in [1.29, 1.82) is 0 Å². The minimum absolute atomic E-state index is 0.294. The molecule has 1 aromatic heterocycles. The fourth-order valence-corrected chi connectivity index (χ4v) is 4.11. The average molecular weight is 322 g/mol. The first-order valence-corrected chi connectivity index (χ1v) is 9.24. The monoisotopic (exact) mass is 321 g/mol. The van der Waals surface area contributed by atoms with E-state index < -0.39 is 0 Å². The third kappa shape index (κ3) is 4.83. The quantitative estimate of drug-likeness (QED) is 0.703. The van der Waals surface area contributed by atoms with Gasteiger partial charge < -0.3 is 4.74 Å². The maximum atomic E-state index is 5.78. The summed E-state index contributed by atoms with van der Waals surface area (Å²) in [5.41, 5.74) is 3.72. The Kier molecular flexibility index (Phi) is 6.27. The summed E-state index contributed by atoms with van der Waals surface area (Å²) < 4.78 is 10.4. The molecule has 4 heteroatoms. The van der Waals surface area contributed by atoms with Gasteiger partial charge in [-0.3, -0.25) is 0 Å². The van der Waals surface area contributed by atoms with E-state index >= 15 is 0 Å². The first kappa shape index (κ1) is 16.5. The molecule has 1 atom stereocenters. The summed E-state index contributed by atoms with van der Waals surface area (Å²) in [6.07, 6.45) is 0.590. The average Bonchev–Trinajstić information content (AvgIpc) is 2.80. The molecule has 0 aliphatic rings. The van der Waals surface area contributed by atoms with E-state index in [1.54, 1.807) is 11.5 Å². The molecule has 0 aliphatic heterocycles. The summed E-state index contributed by atoms with van der Waals surface area (Å²) in [5, 5.41) is 0. The third-order valence-corrected chi connectivity index (χ3v) is 5.13. The molecule has 1 heterocycles. The summed E-state index contributed by atoms with van der Waals surface area (Å²) in [5.74, 6) is 2.01. The zero-order chi connectivity index (χ0) is 15.2. The molecule has 0 spiro atoms. The lowest BCUT2D eigenvalue weighted by atomic mass is 10.1. The van der Waals surface area contributed by atoms with E-state index in [9.17, 15) is 0 Å². The Balaban J connectivity index is 1.99. The highest BCUT2D eigenvalue weighted by Gasteiger charge is 2.13. The molecule has 1 unspecified atom stereocenters. The lowest BCUT2D eigenvalue weighted by Crippen LogP contribution is -2.16. The van der Waals surface area contributed by atoms with Crippen molar-refractivity contribution in [2.45, 2.75) is 45.7 Å². The van der Waals surface area contributed by atoms with Crippen LogP contribution in [0.2, 0.25) is 0 Å². The van der Waals surface area contributed by atoms with Gasteiger partial charge in [0.2, 0.25) is 0 Å². The van der Waals surface area contributed by atoms with E-state index in [1.807, 2.05) is 17.8 Å². The van der Waals surface area contributed by atoms with Crippen molar-refractivity contribution < 1.29 is 4.74 Å². The van der Waals surface area contributed by atoms with Crippen molar-refractivity contribution in [3.63, 3.8) is 0 Å². The van der Waals surface area contributed by atoms with E-state index in [-0.39, 0.29) is 0 Å². The summed E-state index contributed by atoms with van der Waals surface area (Å²) in [6.45, 7) is 8.47. The molecule has 0 saturated carbocycles. The van der Waals surface area contributed by atoms with Crippen LogP contribution in [0.15, 0.2) is 30.3 Å². The van der Waals surface area contributed by atoms with Gasteiger partial charge in [0.1, 0.15) is 0 Å². The van der Waals surface area contributed by atoms with E-state index in [2.05, 4.69) is 56.3 Å². The number of ether oxygens (including phenoxy) is 1. The van der Waals surface area contributed by atoms with Crippen molar-refractivity contribution in [3.8, 4) is 11.3 Å². The van der Waals surface area contributed by atoms with Gasteiger partial charge in [-0.15, -0.1) is 0 Å². The van der Waals surface area contributed by atoms with Gasteiger partial charge in [-0.05, 0) is 39.2 Å². The molecule has 1 aromatic carbocycles. The van der Waals surface area contributed by atoms with Crippen LogP contribution in [-0.2, 0) is 10.5 Å². The highest BCUT2D eigenvalue weighted by Crippen LogP contribution is 2.31. The summed E-state index contributed by atoms with van der Waals surface area (Å²) in [4.78, 5) is 1.32. The van der Waals surface area contributed by atoms with Crippen LogP contribution in [0.5, 0.6) is 0 Å². The topological polar surface area (TPSA) is 22.1 Å². The van der Waals surface area contributed by atoms with Gasteiger partial charge in [0.05, 0.1) is 17.9 Å². The van der Waals surface area contributed by atoms with Crippen LogP contribution in [0.1, 0.15) is 31.2 Å². The number of hydrogen-bond donors (Lipinski definition) is 0. The van der Waals surface area contributed by atoms with E-state index in [0.29, 0.717) is 12.2 Å². The molecule has 2 rings (SSSR count). The Bertz CT molecular complexity index is 551. The number of aromatic nitrogens is 1. The van der Waals surface area contributed by atoms with Crippen molar-refractivity contribution in [3.05, 3.63) is 40.8 Å². The van der Waals surface area contributed by atoms with Gasteiger partial charge in [-0.2, -0.15) is 16.1 Å². The Hall–Kier alpha value is -0.840. The molecule has 0 aliphatic carbocycles. The van der Waals surface area contributed by atoms with Gasteiger partial charge in [0, 0.05) is 27.5 Å². The molecule has 0 radical (unpaired) electrons. The van der Waals surface area contributed by atoms with Crippen LogP contribution in [0.25, 0.3) is 11.3 Å². The van der Waals surface area contributed by atoms with Gasteiger partial charge in [-0.25, -0.2) is 0 Å². The molecule has 114 valence electrons. The number of hydrogen-bond acceptors (Lipinski definition) is 4. The predicted molar refractivity (Wildman–Crippen MR) is 94.1 cm³/mol. The highest BCUT2D eigenvalue weighted by molar-refractivity contribution is 7.98. The molecule has 2 nitrogen and oxygen atoms in total. The fourth-order valence-electron chi connectivity index (χ4n) is 2.21.